The third-order valence-electron chi connectivity index (χ3n) is 3.27. The Balaban J connectivity index is 2.16. The number of sulfonamides is 1. The van der Waals surface area contributed by atoms with E-state index >= 15 is 0 Å². The van der Waals surface area contributed by atoms with Crippen LogP contribution in [0.1, 0.15) is 28.8 Å². The zero-order chi connectivity index (χ0) is 14.8. The SMILES string of the molecule is Cc1ccc(S(=O)(=O)NCC2CCCO2)cc1C(=O)O. The Kier molecular flexibility index (Phi) is 4.42. The molecule has 0 radical (unpaired) electrons. The lowest BCUT2D eigenvalue weighted by Gasteiger charge is -2.12. The molecule has 0 aromatic heterocycles. The van der Waals surface area contributed by atoms with Crippen LogP contribution in [0.5, 0.6) is 0 Å². The van der Waals surface area contributed by atoms with Gasteiger partial charge < -0.3 is 9.84 Å². The molecule has 0 amide bonds. The van der Waals surface area contributed by atoms with Gasteiger partial charge in [-0.05, 0) is 37.5 Å². The van der Waals surface area contributed by atoms with Crippen LogP contribution in [0.25, 0.3) is 0 Å². The van der Waals surface area contributed by atoms with Crippen molar-refractivity contribution in [2.24, 2.45) is 0 Å². The van der Waals surface area contributed by atoms with E-state index in [-0.39, 0.29) is 23.1 Å². The Labute approximate surface area is 117 Å². The molecule has 0 bridgehead atoms. The standard InChI is InChI=1S/C13H17NO5S/c1-9-4-5-11(7-12(9)13(15)16)20(17,18)14-8-10-3-2-6-19-10/h4-5,7,10,14H,2-3,6,8H2,1H3,(H,15,16). The molecule has 0 aliphatic carbocycles. The zero-order valence-electron chi connectivity index (χ0n) is 11.1. The first-order valence-corrected chi connectivity index (χ1v) is 7.83. The molecule has 1 aromatic carbocycles. The van der Waals surface area contributed by atoms with Gasteiger partial charge in [-0.2, -0.15) is 0 Å². The molecular formula is C13H17NO5S. The molecule has 20 heavy (non-hydrogen) atoms. The van der Waals surface area contributed by atoms with Crippen molar-refractivity contribution < 1.29 is 23.1 Å². The third-order valence-corrected chi connectivity index (χ3v) is 4.70. The number of nitrogens with one attached hydrogen (secondary N) is 1. The van der Waals surface area contributed by atoms with Crippen LogP contribution in [0, 0.1) is 6.92 Å². The molecule has 110 valence electrons. The predicted molar refractivity (Wildman–Crippen MR) is 72.3 cm³/mol. The molecule has 1 aliphatic rings. The molecule has 0 spiro atoms. The van der Waals surface area contributed by atoms with Crippen molar-refractivity contribution in [2.75, 3.05) is 13.2 Å². The summed E-state index contributed by atoms with van der Waals surface area (Å²) in [5.41, 5.74) is 0.514. The number of carboxylic acids is 1. The molecule has 2 N–H and O–H groups in total. The van der Waals surface area contributed by atoms with Crippen LogP contribution in [0.15, 0.2) is 23.1 Å². The Hall–Kier alpha value is -1.44. The minimum absolute atomic E-state index is 0.00927. The quantitative estimate of drug-likeness (QED) is 0.851. The second-order valence-electron chi connectivity index (χ2n) is 4.77. The van der Waals surface area contributed by atoms with E-state index in [1.54, 1.807) is 6.92 Å². The largest absolute Gasteiger partial charge is 0.478 e. The van der Waals surface area contributed by atoms with Gasteiger partial charge in [0.2, 0.25) is 10.0 Å². The van der Waals surface area contributed by atoms with Gasteiger partial charge in [-0.1, -0.05) is 6.07 Å². The van der Waals surface area contributed by atoms with Gasteiger partial charge in [-0.25, -0.2) is 17.9 Å². The lowest BCUT2D eigenvalue weighted by Crippen LogP contribution is -2.32. The molecule has 7 heteroatoms. The summed E-state index contributed by atoms with van der Waals surface area (Å²) in [6.45, 7) is 2.48. The smallest absolute Gasteiger partial charge is 0.335 e. The molecular weight excluding hydrogens is 282 g/mol. The lowest BCUT2D eigenvalue weighted by molar-refractivity contribution is 0.0696. The number of carbonyl (C=O) groups is 1. The zero-order valence-corrected chi connectivity index (χ0v) is 11.9. The van der Waals surface area contributed by atoms with Gasteiger partial charge in [0.15, 0.2) is 0 Å². The van der Waals surface area contributed by atoms with Crippen molar-refractivity contribution in [1.29, 1.82) is 0 Å². The second kappa shape index (κ2) is 5.90. The summed E-state index contributed by atoms with van der Waals surface area (Å²) in [5, 5.41) is 9.02. The van der Waals surface area contributed by atoms with Crippen molar-refractivity contribution >= 4 is 16.0 Å². The number of carboxylic acid groups (broad SMARTS) is 1. The van der Waals surface area contributed by atoms with E-state index < -0.39 is 16.0 Å². The highest BCUT2D eigenvalue weighted by molar-refractivity contribution is 7.89. The molecule has 2 rings (SSSR count). The van der Waals surface area contributed by atoms with Crippen LogP contribution in [-0.4, -0.2) is 38.7 Å². The number of ether oxygens (including phenoxy) is 1. The maximum atomic E-state index is 12.1. The van der Waals surface area contributed by atoms with Crippen LogP contribution in [0.3, 0.4) is 0 Å². The first-order chi connectivity index (χ1) is 9.40. The third kappa shape index (κ3) is 3.36. The van der Waals surface area contributed by atoms with E-state index in [4.69, 9.17) is 9.84 Å². The molecule has 1 unspecified atom stereocenters. The van der Waals surface area contributed by atoms with E-state index in [0.29, 0.717) is 12.2 Å². The van der Waals surface area contributed by atoms with Crippen LogP contribution < -0.4 is 4.72 Å². The van der Waals surface area contributed by atoms with Gasteiger partial charge in [0.25, 0.3) is 0 Å². The molecule has 1 fully saturated rings. The molecule has 1 aromatic rings. The number of rotatable bonds is 5. The topological polar surface area (TPSA) is 92.7 Å². The van der Waals surface area contributed by atoms with Gasteiger partial charge in [-0.15, -0.1) is 0 Å². The molecule has 6 nitrogen and oxygen atoms in total. The van der Waals surface area contributed by atoms with Gasteiger partial charge in [-0.3, -0.25) is 0 Å². The highest BCUT2D eigenvalue weighted by Gasteiger charge is 2.21. The second-order valence-corrected chi connectivity index (χ2v) is 6.54. The van der Waals surface area contributed by atoms with E-state index in [1.165, 1.54) is 18.2 Å². The van der Waals surface area contributed by atoms with Crippen molar-refractivity contribution in [3.63, 3.8) is 0 Å². The minimum atomic E-state index is -3.71. The fourth-order valence-electron chi connectivity index (χ4n) is 2.09. The van der Waals surface area contributed by atoms with Gasteiger partial charge in [0.05, 0.1) is 16.6 Å². The summed E-state index contributed by atoms with van der Waals surface area (Å²) in [7, 11) is -3.71. The van der Waals surface area contributed by atoms with Crippen LogP contribution in [0.4, 0.5) is 0 Å². The van der Waals surface area contributed by atoms with Gasteiger partial charge >= 0.3 is 5.97 Å². The number of hydrogen-bond donors (Lipinski definition) is 2. The fourth-order valence-corrected chi connectivity index (χ4v) is 3.18. The Morgan fingerprint density at radius 1 is 1.50 bits per heavy atom. The average Bonchev–Trinajstić information content (AvgIpc) is 2.89. The van der Waals surface area contributed by atoms with Crippen molar-refractivity contribution in [2.45, 2.75) is 30.8 Å². The predicted octanol–water partition coefficient (Wildman–Crippen LogP) is 1.15. The number of benzene rings is 1. The monoisotopic (exact) mass is 299 g/mol. The van der Waals surface area contributed by atoms with E-state index in [0.717, 1.165) is 12.8 Å². The van der Waals surface area contributed by atoms with Crippen LogP contribution in [-0.2, 0) is 14.8 Å². The van der Waals surface area contributed by atoms with Gasteiger partial charge in [0.1, 0.15) is 0 Å². The summed E-state index contributed by atoms with van der Waals surface area (Å²) in [6.07, 6.45) is 1.66. The molecule has 0 saturated carbocycles. The summed E-state index contributed by atoms with van der Waals surface area (Å²) >= 11 is 0. The Bertz CT molecular complexity index is 605. The normalized spacial score (nSPS) is 19.1. The summed E-state index contributed by atoms with van der Waals surface area (Å²) in [6, 6.07) is 4.07. The van der Waals surface area contributed by atoms with Crippen molar-refractivity contribution in [1.82, 2.24) is 4.72 Å². The Morgan fingerprint density at radius 3 is 2.85 bits per heavy atom. The van der Waals surface area contributed by atoms with Crippen LogP contribution in [0.2, 0.25) is 0 Å². The average molecular weight is 299 g/mol. The molecule has 1 heterocycles. The van der Waals surface area contributed by atoms with Gasteiger partial charge in [0, 0.05) is 13.2 Å². The number of hydrogen-bond acceptors (Lipinski definition) is 4. The van der Waals surface area contributed by atoms with E-state index in [2.05, 4.69) is 4.72 Å². The first-order valence-electron chi connectivity index (χ1n) is 6.35. The highest BCUT2D eigenvalue weighted by atomic mass is 32.2. The lowest BCUT2D eigenvalue weighted by atomic mass is 10.1. The fraction of sp³-hybridized carbons (Fsp3) is 0.462. The minimum Gasteiger partial charge on any atom is -0.478 e. The van der Waals surface area contributed by atoms with E-state index in [1.807, 2.05) is 0 Å². The summed E-state index contributed by atoms with van der Waals surface area (Å²) in [5.74, 6) is -1.14. The van der Waals surface area contributed by atoms with Crippen LogP contribution >= 0.6 is 0 Å². The highest BCUT2D eigenvalue weighted by Crippen LogP contribution is 2.17. The summed E-state index contributed by atoms with van der Waals surface area (Å²) < 4.78 is 32.0. The maximum Gasteiger partial charge on any atom is 0.335 e. The molecule has 1 saturated heterocycles. The number of aromatic carboxylic acids is 1. The van der Waals surface area contributed by atoms with Crippen molar-refractivity contribution in [3.8, 4) is 0 Å². The number of aryl methyl sites for hydroxylation is 1. The molecule has 1 atom stereocenters. The molecule has 1 aliphatic heterocycles. The van der Waals surface area contributed by atoms with Crippen molar-refractivity contribution in [3.05, 3.63) is 29.3 Å². The Morgan fingerprint density at radius 2 is 2.25 bits per heavy atom. The summed E-state index contributed by atoms with van der Waals surface area (Å²) in [4.78, 5) is 11.0. The van der Waals surface area contributed by atoms with E-state index in [9.17, 15) is 13.2 Å². The first kappa shape index (κ1) is 15.0. The maximum absolute atomic E-state index is 12.1.